The van der Waals surface area contributed by atoms with E-state index in [1.54, 1.807) is 6.92 Å². The molecule has 0 saturated carbocycles. The molecule has 7 heteroatoms. The average molecular weight is 355 g/mol. The lowest BCUT2D eigenvalue weighted by molar-refractivity contribution is -0.162. The summed E-state index contributed by atoms with van der Waals surface area (Å²) in [6.45, 7) is 6.46. The van der Waals surface area contributed by atoms with Crippen LogP contribution < -0.4 is 10.5 Å². The number of carbonyl (C=O) groups excluding carboxylic acids is 1. The van der Waals surface area contributed by atoms with Gasteiger partial charge in [-0.15, -0.1) is 0 Å². The Morgan fingerprint density at radius 3 is 2.60 bits per heavy atom. The van der Waals surface area contributed by atoms with Crippen molar-refractivity contribution >= 4 is 5.97 Å². The number of hydrogen-bond donors (Lipinski definition) is 1. The molecule has 0 amide bonds. The number of rotatable bonds is 5. The Bertz CT molecular complexity index is 551. The molecular formula is C18H26FNO5. The van der Waals surface area contributed by atoms with Gasteiger partial charge >= 0.3 is 5.97 Å². The van der Waals surface area contributed by atoms with Crippen LogP contribution in [-0.4, -0.2) is 50.1 Å². The van der Waals surface area contributed by atoms with E-state index in [1.807, 2.05) is 13.8 Å². The Morgan fingerprint density at radius 1 is 1.28 bits per heavy atom. The van der Waals surface area contributed by atoms with Crippen molar-refractivity contribution in [3.63, 3.8) is 0 Å². The Hall–Kier alpha value is -1.70. The maximum absolute atomic E-state index is 13.1. The van der Waals surface area contributed by atoms with Crippen LogP contribution >= 0.6 is 0 Å². The van der Waals surface area contributed by atoms with Gasteiger partial charge in [0.1, 0.15) is 29.8 Å². The van der Waals surface area contributed by atoms with Gasteiger partial charge in [-0.25, -0.2) is 4.39 Å². The van der Waals surface area contributed by atoms with E-state index < -0.39 is 30.3 Å². The number of hydrogen-bond acceptors (Lipinski definition) is 6. The average Bonchev–Trinajstić information content (AvgIpc) is 2.59. The molecule has 0 aromatic heterocycles. The zero-order valence-corrected chi connectivity index (χ0v) is 14.8. The van der Waals surface area contributed by atoms with Crippen molar-refractivity contribution < 1.29 is 28.1 Å². The third kappa shape index (κ3) is 5.95. The van der Waals surface area contributed by atoms with E-state index in [1.165, 1.54) is 24.3 Å². The molecule has 2 rings (SSSR count). The molecule has 1 fully saturated rings. The second kappa shape index (κ2) is 9.12. The standard InChI is InChI=1S/C18H26FNO5/c1-11(2)8-23-17-12(3)24-18(21)15(20)9-22-10-16(17)25-14-6-4-13(19)5-7-14/h4-7,11-12,15-17H,8-10,20H2,1-3H3/t12-,15-,16-,17-/m0/s1. The largest absolute Gasteiger partial charge is 0.485 e. The first-order valence-corrected chi connectivity index (χ1v) is 8.44. The van der Waals surface area contributed by atoms with Crippen LogP contribution in [0.5, 0.6) is 5.75 Å². The van der Waals surface area contributed by atoms with E-state index in [0.717, 1.165) is 0 Å². The number of carbonyl (C=O) groups is 1. The van der Waals surface area contributed by atoms with E-state index >= 15 is 0 Å². The predicted molar refractivity (Wildman–Crippen MR) is 89.7 cm³/mol. The second-order valence-electron chi connectivity index (χ2n) is 6.59. The fourth-order valence-corrected chi connectivity index (χ4v) is 2.45. The maximum Gasteiger partial charge on any atom is 0.325 e. The van der Waals surface area contributed by atoms with Crippen LogP contribution in [0.1, 0.15) is 20.8 Å². The quantitative estimate of drug-likeness (QED) is 0.813. The third-order valence-electron chi connectivity index (χ3n) is 3.74. The van der Waals surface area contributed by atoms with Crippen LogP contribution in [0.15, 0.2) is 24.3 Å². The lowest BCUT2D eigenvalue weighted by atomic mass is 10.1. The first-order chi connectivity index (χ1) is 11.9. The van der Waals surface area contributed by atoms with E-state index in [0.29, 0.717) is 18.3 Å². The fraction of sp³-hybridized carbons (Fsp3) is 0.611. The van der Waals surface area contributed by atoms with Gasteiger partial charge in [-0.1, -0.05) is 13.8 Å². The lowest BCUT2D eigenvalue weighted by Crippen LogP contribution is -2.46. The minimum atomic E-state index is -0.849. The summed E-state index contributed by atoms with van der Waals surface area (Å²) < 4.78 is 35.9. The molecule has 0 bridgehead atoms. The Labute approximate surface area is 147 Å². The van der Waals surface area contributed by atoms with Crippen LogP contribution in [0.2, 0.25) is 0 Å². The van der Waals surface area contributed by atoms with Crippen LogP contribution in [0.3, 0.4) is 0 Å². The molecule has 2 N–H and O–H groups in total. The summed E-state index contributed by atoms with van der Waals surface area (Å²) in [4.78, 5) is 12.0. The molecule has 6 nitrogen and oxygen atoms in total. The first kappa shape index (κ1) is 19.6. The number of nitrogens with two attached hydrogens (primary N) is 1. The molecule has 25 heavy (non-hydrogen) atoms. The molecule has 1 aromatic rings. The fourth-order valence-electron chi connectivity index (χ4n) is 2.45. The minimum Gasteiger partial charge on any atom is -0.485 e. The van der Waals surface area contributed by atoms with E-state index in [4.69, 9.17) is 24.7 Å². The summed E-state index contributed by atoms with van der Waals surface area (Å²) >= 11 is 0. The SMILES string of the molecule is CC(C)CO[C@H]1[C@H](C)OC(=O)[C@@H](N)COC[C@@H]1Oc1ccc(F)cc1. The van der Waals surface area contributed by atoms with Crippen molar-refractivity contribution in [2.24, 2.45) is 11.7 Å². The minimum absolute atomic E-state index is 0.0335. The van der Waals surface area contributed by atoms with Gasteiger partial charge in [-0.3, -0.25) is 4.79 Å². The summed E-state index contributed by atoms with van der Waals surface area (Å²) in [6, 6.07) is 4.84. The van der Waals surface area contributed by atoms with Gasteiger partial charge in [0.05, 0.1) is 13.2 Å². The molecular weight excluding hydrogens is 329 g/mol. The van der Waals surface area contributed by atoms with Crippen molar-refractivity contribution in [2.45, 2.75) is 45.1 Å². The molecule has 1 aromatic carbocycles. The maximum atomic E-state index is 13.1. The van der Waals surface area contributed by atoms with Crippen molar-refractivity contribution in [2.75, 3.05) is 19.8 Å². The molecule has 0 spiro atoms. The summed E-state index contributed by atoms with van der Waals surface area (Å²) in [5, 5.41) is 0. The third-order valence-corrected chi connectivity index (χ3v) is 3.74. The molecule has 0 unspecified atom stereocenters. The zero-order chi connectivity index (χ0) is 18.4. The molecule has 4 atom stereocenters. The number of halogens is 1. The van der Waals surface area contributed by atoms with Gasteiger partial charge in [-0.05, 0) is 37.1 Å². The van der Waals surface area contributed by atoms with Gasteiger partial charge in [-0.2, -0.15) is 0 Å². The summed E-state index contributed by atoms with van der Waals surface area (Å²) in [5.41, 5.74) is 5.74. The highest BCUT2D eigenvalue weighted by atomic mass is 19.1. The molecule has 1 aliphatic rings. The summed E-state index contributed by atoms with van der Waals surface area (Å²) in [5.74, 6) is -0.104. The number of esters is 1. The van der Waals surface area contributed by atoms with Gasteiger partial charge < -0.3 is 24.7 Å². The highest BCUT2D eigenvalue weighted by Gasteiger charge is 2.35. The van der Waals surface area contributed by atoms with Crippen LogP contribution in [0.25, 0.3) is 0 Å². The molecule has 1 heterocycles. The van der Waals surface area contributed by atoms with Gasteiger partial charge in [0.15, 0.2) is 6.10 Å². The number of ether oxygens (including phenoxy) is 4. The topological polar surface area (TPSA) is 80.0 Å². The van der Waals surface area contributed by atoms with Gasteiger partial charge in [0.25, 0.3) is 0 Å². The van der Waals surface area contributed by atoms with E-state index in [-0.39, 0.29) is 19.0 Å². The second-order valence-corrected chi connectivity index (χ2v) is 6.59. The first-order valence-electron chi connectivity index (χ1n) is 8.44. The summed E-state index contributed by atoms with van der Waals surface area (Å²) in [7, 11) is 0. The van der Waals surface area contributed by atoms with Crippen molar-refractivity contribution in [3.05, 3.63) is 30.1 Å². The molecule has 0 radical (unpaired) electrons. The van der Waals surface area contributed by atoms with Gasteiger partial charge in [0.2, 0.25) is 0 Å². The Kier molecular flexibility index (Phi) is 7.16. The Balaban J connectivity index is 2.18. The van der Waals surface area contributed by atoms with Crippen molar-refractivity contribution in [3.8, 4) is 5.75 Å². The van der Waals surface area contributed by atoms with E-state index in [9.17, 15) is 9.18 Å². The zero-order valence-electron chi connectivity index (χ0n) is 14.8. The monoisotopic (exact) mass is 355 g/mol. The smallest absolute Gasteiger partial charge is 0.325 e. The highest BCUT2D eigenvalue weighted by Crippen LogP contribution is 2.20. The summed E-state index contributed by atoms with van der Waals surface area (Å²) in [6.07, 6.45) is -1.64. The van der Waals surface area contributed by atoms with Crippen LogP contribution in [0, 0.1) is 11.7 Å². The normalized spacial score (nSPS) is 28.0. The van der Waals surface area contributed by atoms with Crippen molar-refractivity contribution in [1.82, 2.24) is 0 Å². The molecule has 140 valence electrons. The van der Waals surface area contributed by atoms with Crippen LogP contribution in [0.4, 0.5) is 4.39 Å². The van der Waals surface area contributed by atoms with Crippen LogP contribution in [-0.2, 0) is 19.0 Å². The number of cyclic esters (lactones) is 1. The molecule has 1 aliphatic heterocycles. The lowest BCUT2D eigenvalue weighted by Gasteiger charge is -2.31. The molecule has 1 saturated heterocycles. The van der Waals surface area contributed by atoms with Gasteiger partial charge in [0, 0.05) is 6.61 Å². The molecule has 0 aliphatic carbocycles. The van der Waals surface area contributed by atoms with Crippen molar-refractivity contribution in [1.29, 1.82) is 0 Å². The Morgan fingerprint density at radius 2 is 1.96 bits per heavy atom. The van der Waals surface area contributed by atoms with E-state index in [2.05, 4.69) is 0 Å². The predicted octanol–water partition coefficient (Wildman–Crippen LogP) is 1.90. The highest BCUT2D eigenvalue weighted by molar-refractivity contribution is 5.75. The number of benzene rings is 1.